The van der Waals surface area contributed by atoms with Crippen molar-refractivity contribution >= 4 is 5.97 Å². The molecule has 17 heavy (non-hydrogen) atoms. The molecule has 0 aromatic heterocycles. The van der Waals surface area contributed by atoms with Gasteiger partial charge in [0.2, 0.25) is 0 Å². The third kappa shape index (κ3) is 2.93. The Morgan fingerprint density at radius 2 is 2.12 bits per heavy atom. The molecule has 1 heterocycles. The van der Waals surface area contributed by atoms with Crippen LogP contribution in [0.3, 0.4) is 0 Å². The number of ether oxygens (including phenoxy) is 2. The van der Waals surface area contributed by atoms with Gasteiger partial charge in [0, 0.05) is 0 Å². The SMILES string of the molecule is CCCCOC(=O)C1(O)OC[C@H](O)[C@@H](O)[C@@H]1O. The second-order valence-corrected chi connectivity index (χ2v) is 4.00. The maximum Gasteiger partial charge on any atom is 0.369 e. The fraction of sp³-hybridized carbons (Fsp3) is 0.900. The molecule has 7 nitrogen and oxygen atoms in total. The van der Waals surface area contributed by atoms with E-state index >= 15 is 0 Å². The molecule has 1 fully saturated rings. The van der Waals surface area contributed by atoms with E-state index < -0.39 is 36.7 Å². The highest BCUT2D eigenvalue weighted by molar-refractivity contribution is 5.78. The Morgan fingerprint density at radius 3 is 2.71 bits per heavy atom. The predicted molar refractivity (Wildman–Crippen MR) is 54.8 cm³/mol. The van der Waals surface area contributed by atoms with E-state index in [-0.39, 0.29) is 6.61 Å². The normalized spacial score (nSPS) is 37.8. The first-order valence-electron chi connectivity index (χ1n) is 5.51. The molecule has 4 atom stereocenters. The first-order valence-corrected chi connectivity index (χ1v) is 5.51. The van der Waals surface area contributed by atoms with E-state index in [1.165, 1.54) is 0 Å². The van der Waals surface area contributed by atoms with E-state index in [1.54, 1.807) is 0 Å². The van der Waals surface area contributed by atoms with Crippen molar-refractivity contribution in [3.05, 3.63) is 0 Å². The van der Waals surface area contributed by atoms with Crippen molar-refractivity contribution in [1.82, 2.24) is 0 Å². The largest absolute Gasteiger partial charge is 0.462 e. The minimum atomic E-state index is -2.62. The zero-order valence-corrected chi connectivity index (χ0v) is 9.57. The molecule has 0 aliphatic carbocycles. The average Bonchev–Trinajstić information content (AvgIpc) is 2.32. The third-order valence-corrected chi connectivity index (χ3v) is 2.62. The van der Waals surface area contributed by atoms with Crippen LogP contribution in [0, 0.1) is 0 Å². The highest BCUT2D eigenvalue weighted by Crippen LogP contribution is 2.25. The average molecular weight is 250 g/mol. The Balaban J connectivity index is 2.63. The summed E-state index contributed by atoms with van der Waals surface area (Å²) in [6, 6.07) is 0. The molecule has 7 heteroatoms. The number of carbonyl (C=O) groups is 1. The van der Waals surface area contributed by atoms with Gasteiger partial charge in [-0.25, -0.2) is 4.79 Å². The van der Waals surface area contributed by atoms with E-state index in [9.17, 15) is 25.2 Å². The molecule has 0 radical (unpaired) electrons. The van der Waals surface area contributed by atoms with Gasteiger partial charge in [-0.2, -0.15) is 0 Å². The quantitative estimate of drug-likeness (QED) is 0.341. The number of hydrogen-bond donors (Lipinski definition) is 4. The van der Waals surface area contributed by atoms with Crippen molar-refractivity contribution in [3.8, 4) is 0 Å². The van der Waals surface area contributed by atoms with Gasteiger partial charge in [-0.05, 0) is 6.42 Å². The number of rotatable bonds is 4. The Kier molecular flexibility index (Phi) is 4.84. The Labute approximate surface area is 98.6 Å². The first kappa shape index (κ1) is 14.3. The zero-order chi connectivity index (χ0) is 13.1. The zero-order valence-electron chi connectivity index (χ0n) is 9.57. The molecule has 1 unspecified atom stereocenters. The summed E-state index contributed by atoms with van der Waals surface area (Å²) in [5.74, 6) is -3.78. The second-order valence-electron chi connectivity index (χ2n) is 4.00. The summed E-state index contributed by atoms with van der Waals surface area (Å²) in [6.45, 7) is 1.53. The van der Waals surface area contributed by atoms with E-state index in [4.69, 9.17) is 4.74 Å². The van der Waals surface area contributed by atoms with Crippen LogP contribution in [0.4, 0.5) is 0 Å². The van der Waals surface area contributed by atoms with Crippen LogP contribution in [0.5, 0.6) is 0 Å². The summed E-state index contributed by atoms with van der Waals surface area (Å²) in [6.07, 6.45) is -3.54. The van der Waals surface area contributed by atoms with Crippen molar-refractivity contribution in [2.75, 3.05) is 13.2 Å². The molecule has 100 valence electrons. The van der Waals surface area contributed by atoms with E-state index in [0.29, 0.717) is 6.42 Å². The van der Waals surface area contributed by atoms with Crippen molar-refractivity contribution in [2.24, 2.45) is 0 Å². The number of esters is 1. The van der Waals surface area contributed by atoms with Gasteiger partial charge in [0.05, 0.1) is 13.2 Å². The highest BCUT2D eigenvalue weighted by atomic mass is 16.7. The standard InChI is InChI=1S/C10H18O7/c1-2-3-4-16-9(14)10(15)8(13)7(12)6(11)5-17-10/h6-8,11-13,15H,2-5H2,1H3/t6-,7+,8-,10?/m0/s1. The molecule has 0 bridgehead atoms. The van der Waals surface area contributed by atoms with E-state index in [0.717, 1.165) is 6.42 Å². The number of hydrogen-bond acceptors (Lipinski definition) is 7. The van der Waals surface area contributed by atoms with Gasteiger partial charge < -0.3 is 29.9 Å². The molecular weight excluding hydrogens is 232 g/mol. The maximum atomic E-state index is 11.5. The summed E-state index contributed by atoms with van der Waals surface area (Å²) < 4.78 is 9.39. The van der Waals surface area contributed by atoms with Gasteiger partial charge in [-0.3, -0.25) is 0 Å². The van der Waals surface area contributed by atoms with Crippen molar-refractivity contribution < 1.29 is 34.7 Å². The van der Waals surface area contributed by atoms with Gasteiger partial charge in [0.15, 0.2) is 0 Å². The van der Waals surface area contributed by atoms with Crippen LogP contribution >= 0.6 is 0 Å². The summed E-state index contributed by atoms with van der Waals surface area (Å²) in [5.41, 5.74) is 0. The van der Waals surface area contributed by atoms with Crippen molar-refractivity contribution in [1.29, 1.82) is 0 Å². The Hall–Kier alpha value is -0.730. The van der Waals surface area contributed by atoms with Gasteiger partial charge in [-0.1, -0.05) is 13.3 Å². The summed E-state index contributed by atoms with van der Waals surface area (Å²) in [5, 5.41) is 37.8. The molecular formula is C10H18O7. The minimum Gasteiger partial charge on any atom is -0.462 e. The number of unbranched alkanes of at least 4 members (excludes halogenated alkanes) is 1. The van der Waals surface area contributed by atoms with Crippen LogP contribution in [0.15, 0.2) is 0 Å². The number of carbonyl (C=O) groups excluding carboxylic acids is 1. The van der Waals surface area contributed by atoms with E-state index in [2.05, 4.69) is 4.74 Å². The summed E-state index contributed by atoms with van der Waals surface area (Å²) in [4.78, 5) is 11.5. The summed E-state index contributed by atoms with van der Waals surface area (Å²) in [7, 11) is 0. The highest BCUT2D eigenvalue weighted by Gasteiger charge is 2.55. The second kappa shape index (κ2) is 5.74. The van der Waals surface area contributed by atoms with Crippen LogP contribution in [0.2, 0.25) is 0 Å². The Bertz CT molecular complexity index is 269. The predicted octanol–water partition coefficient (Wildman–Crippen LogP) is -1.87. The molecule has 0 aromatic rings. The molecule has 1 aliphatic rings. The lowest BCUT2D eigenvalue weighted by molar-refractivity contribution is -0.313. The molecule has 0 spiro atoms. The number of aliphatic hydroxyl groups excluding tert-OH is 3. The monoisotopic (exact) mass is 250 g/mol. The molecule has 1 saturated heterocycles. The summed E-state index contributed by atoms with van der Waals surface area (Å²) >= 11 is 0. The Morgan fingerprint density at radius 1 is 1.47 bits per heavy atom. The first-order chi connectivity index (χ1) is 7.93. The van der Waals surface area contributed by atoms with Gasteiger partial charge in [-0.15, -0.1) is 0 Å². The fourth-order valence-electron chi connectivity index (χ4n) is 1.43. The van der Waals surface area contributed by atoms with Gasteiger partial charge in [0.25, 0.3) is 5.79 Å². The van der Waals surface area contributed by atoms with E-state index in [1.807, 2.05) is 6.92 Å². The lowest BCUT2D eigenvalue weighted by Gasteiger charge is -2.39. The van der Waals surface area contributed by atoms with Crippen molar-refractivity contribution in [2.45, 2.75) is 43.9 Å². The molecule has 1 rings (SSSR count). The molecule has 0 aromatic carbocycles. The van der Waals surface area contributed by atoms with Crippen LogP contribution in [0.1, 0.15) is 19.8 Å². The van der Waals surface area contributed by atoms with Crippen LogP contribution in [-0.2, 0) is 14.3 Å². The third-order valence-electron chi connectivity index (χ3n) is 2.62. The maximum absolute atomic E-state index is 11.5. The molecule has 1 aliphatic heterocycles. The van der Waals surface area contributed by atoms with Crippen LogP contribution in [0.25, 0.3) is 0 Å². The van der Waals surface area contributed by atoms with Crippen LogP contribution in [-0.4, -0.2) is 63.7 Å². The molecule has 0 amide bonds. The van der Waals surface area contributed by atoms with Crippen LogP contribution < -0.4 is 0 Å². The molecule has 4 N–H and O–H groups in total. The van der Waals surface area contributed by atoms with Crippen molar-refractivity contribution in [3.63, 3.8) is 0 Å². The van der Waals surface area contributed by atoms with Gasteiger partial charge in [0.1, 0.15) is 18.3 Å². The topological polar surface area (TPSA) is 116 Å². The van der Waals surface area contributed by atoms with Gasteiger partial charge >= 0.3 is 5.97 Å². The lowest BCUT2D eigenvalue weighted by atomic mass is 9.97. The minimum absolute atomic E-state index is 0.0897. The fourth-order valence-corrected chi connectivity index (χ4v) is 1.43. The number of aliphatic hydroxyl groups is 4. The molecule has 0 saturated carbocycles. The smallest absolute Gasteiger partial charge is 0.369 e. The lowest BCUT2D eigenvalue weighted by Crippen LogP contribution is -2.64.